The van der Waals surface area contributed by atoms with Crippen molar-refractivity contribution in [3.8, 4) is 5.75 Å². The third-order valence-corrected chi connectivity index (χ3v) is 5.97. The molecule has 6 heteroatoms. The molecule has 1 aromatic carbocycles. The minimum atomic E-state index is -0.515. The monoisotopic (exact) mass is 392 g/mol. The van der Waals surface area contributed by atoms with Crippen LogP contribution in [0.15, 0.2) is 23.1 Å². The van der Waals surface area contributed by atoms with Gasteiger partial charge in [-0.3, -0.25) is 9.59 Å². The summed E-state index contributed by atoms with van der Waals surface area (Å²) in [5, 5.41) is 2.88. The lowest BCUT2D eigenvalue weighted by Gasteiger charge is -2.24. The molecule has 150 valence electrons. The van der Waals surface area contributed by atoms with Gasteiger partial charge in [0.05, 0.1) is 7.11 Å². The number of hydrogen-bond acceptors (Lipinski definition) is 4. The van der Waals surface area contributed by atoms with E-state index < -0.39 is 6.04 Å². The lowest BCUT2D eigenvalue weighted by atomic mass is 9.87. The number of rotatable bonds is 8. The molecule has 27 heavy (non-hydrogen) atoms. The topological polar surface area (TPSA) is 58.6 Å². The molecule has 1 unspecified atom stereocenters. The van der Waals surface area contributed by atoms with Crippen molar-refractivity contribution < 1.29 is 14.3 Å². The number of thioether (sulfide) groups is 1. The van der Waals surface area contributed by atoms with Gasteiger partial charge in [0.1, 0.15) is 11.8 Å². The Hall–Kier alpha value is -1.69. The fraction of sp³-hybridized carbons (Fsp3) is 0.619. The maximum Gasteiger partial charge on any atom is 0.244 e. The quantitative estimate of drug-likeness (QED) is 0.683. The highest BCUT2D eigenvalue weighted by Crippen LogP contribution is 2.29. The summed E-state index contributed by atoms with van der Waals surface area (Å²) in [4.78, 5) is 27.6. The molecular formula is C21H32N2O3S. The molecule has 0 spiro atoms. The lowest BCUT2D eigenvalue weighted by Crippen LogP contribution is -2.45. The van der Waals surface area contributed by atoms with E-state index in [-0.39, 0.29) is 11.8 Å². The number of nitrogens with one attached hydrogen (secondary N) is 1. The fourth-order valence-electron chi connectivity index (χ4n) is 3.68. The molecule has 1 saturated carbocycles. The van der Waals surface area contributed by atoms with Crippen molar-refractivity contribution in [2.45, 2.75) is 62.9 Å². The van der Waals surface area contributed by atoms with E-state index in [9.17, 15) is 9.59 Å². The van der Waals surface area contributed by atoms with Gasteiger partial charge in [-0.05, 0) is 49.6 Å². The van der Waals surface area contributed by atoms with E-state index in [1.54, 1.807) is 37.7 Å². The molecule has 2 rings (SSSR count). The van der Waals surface area contributed by atoms with Crippen molar-refractivity contribution in [3.63, 3.8) is 0 Å². The maximum absolute atomic E-state index is 12.6. The second kappa shape index (κ2) is 10.6. The Kier molecular flexibility index (Phi) is 8.48. The van der Waals surface area contributed by atoms with Gasteiger partial charge in [-0.15, -0.1) is 11.8 Å². The predicted octanol–water partition coefficient (Wildman–Crippen LogP) is 3.85. The average molecular weight is 393 g/mol. The largest absolute Gasteiger partial charge is 0.496 e. The van der Waals surface area contributed by atoms with Gasteiger partial charge in [0.25, 0.3) is 0 Å². The zero-order valence-electron chi connectivity index (χ0n) is 16.9. The Morgan fingerprint density at radius 2 is 2.00 bits per heavy atom. The molecule has 0 radical (unpaired) electrons. The molecule has 2 amide bonds. The molecule has 1 aliphatic rings. The van der Waals surface area contributed by atoms with Crippen molar-refractivity contribution in [3.05, 3.63) is 23.8 Å². The molecule has 0 saturated heterocycles. The van der Waals surface area contributed by atoms with E-state index in [0.717, 1.165) is 29.1 Å². The standard InChI is InChI=1S/C21H32N2O3S/c1-15(22-20(24)13-16-8-6-5-7-9-16)21(25)23(2)14-17-10-11-19(27-4)18(12-17)26-3/h10-12,15-16H,5-9,13-14H2,1-4H3,(H,22,24). The Labute approximate surface area is 167 Å². The summed E-state index contributed by atoms with van der Waals surface area (Å²) in [6, 6.07) is 5.46. The molecule has 1 aromatic rings. The normalized spacial score (nSPS) is 15.9. The van der Waals surface area contributed by atoms with Crippen molar-refractivity contribution in [1.29, 1.82) is 0 Å². The first kappa shape index (κ1) is 21.6. The summed E-state index contributed by atoms with van der Waals surface area (Å²) in [7, 11) is 3.42. The van der Waals surface area contributed by atoms with Crippen molar-refractivity contribution >= 4 is 23.6 Å². The first-order chi connectivity index (χ1) is 12.9. The Morgan fingerprint density at radius 3 is 2.63 bits per heavy atom. The first-order valence-corrected chi connectivity index (χ1v) is 10.9. The van der Waals surface area contributed by atoms with Crippen LogP contribution in [-0.4, -0.2) is 43.2 Å². The summed E-state index contributed by atoms with van der Waals surface area (Å²) < 4.78 is 5.41. The van der Waals surface area contributed by atoms with Gasteiger partial charge in [-0.2, -0.15) is 0 Å². The third kappa shape index (κ3) is 6.45. The third-order valence-electron chi connectivity index (χ3n) is 5.19. The summed E-state index contributed by atoms with van der Waals surface area (Å²) >= 11 is 1.63. The zero-order chi connectivity index (χ0) is 19.8. The van der Waals surface area contributed by atoms with E-state index in [2.05, 4.69) is 5.32 Å². The number of hydrogen-bond donors (Lipinski definition) is 1. The van der Waals surface area contributed by atoms with Crippen LogP contribution in [0.2, 0.25) is 0 Å². The number of benzene rings is 1. The number of methoxy groups -OCH3 is 1. The van der Waals surface area contributed by atoms with E-state index in [1.165, 1.54) is 19.3 Å². The van der Waals surface area contributed by atoms with Crippen LogP contribution in [0.3, 0.4) is 0 Å². The summed E-state index contributed by atoms with van der Waals surface area (Å²) in [5.41, 5.74) is 1.00. The van der Waals surface area contributed by atoms with E-state index in [4.69, 9.17) is 4.74 Å². The van der Waals surface area contributed by atoms with Crippen molar-refractivity contribution in [2.24, 2.45) is 5.92 Å². The Balaban J connectivity index is 1.87. The summed E-state index contributed by atoms with van der Waals surface area (Å²) in [6.45, 7) is 2.24. The van der Waals surface area contributed by atoms with Gasteiger partial charge in [-0.25, -0.2) is 0 Å². The van der Waals surface area contributed by atoms with Gasteiger partial charge in [0.2, 0.25) is 11.8 Å². The van der Waals surface area contributed by atoms with E-state index >= 15 is 0 Å². The molecule has 1 aliphatic carbocycles. The zero-order valence-corrected chi connectivity index (χ0v) is 17.7. The van der Waals surface area contributed by atoms with Crippen LogP contribution in [0.5, 0.6) is 5.75 Å². The molecule has 0 aliphatic heterocycles. The number of likely N-dealkylation sites (N-methyl/N-ethyl adjacent to an activating group) is 1. The van der Waals surface area contributed by atoms with Crippen LogP contribution >= 0.6 is 11.8 Å². The van der Waals surface area contributed by atoms with E-state index in [1.807, 2.05) is 24.5 Å². The van der Waals surface area contributed by atoms with Gasteiger partial charge in [0, 0.05) is 24.9 Å². The second-order valence-corrected chi connectivity index (χ2v) is 8.23. The smallest absolute Gasteiger partial charge is 0.244 e. The molecule has 1 atom stereocenters. The van der Waals surface area contributed by atoms with Crippen molar-refractivity contribution in [1.82, 2.24) is 10.2 Å². The second-order valence-electron chi connectivity index (χ2n) is 7.38. The molecule has 0 aromatic heterocycles. The Bertz CT molecular complexity index is 644. The highest BCUT2D eigenvalue weighted by atomic mass is 32.2. The van der Waals surface area contributed by atoms with Gasteiger partial charge in [-0.1, -0.05) is 25.3 Å². The van der Waals surface area contributed by atoms with Crippen LogP contribution < -0.4 is 10.1 Å². The molecule has 1 N–H and O–H groups in total. The minimum Gasteiger partial charge on any atom is -0.496 e. The van der Waals surface area contributed by atoms with Crippen molar-refractivity contribution in [2.75, 3.05) is 20.4 Å². The predicted molar refractivity (Wildman–Crippen MR) is 110 cm³/mol. The lowest BCUT2D eigenvalue weighted by molar-refractivity contribution is -0.135. The SMILES string of the molecule is COc1cc(CN(C)C(=O)C(C)NC(=O)CC2CCCCC2)ccc1SC. The van der Waals surface area contributed by atoms with Crippen LogP contribution in [-0.2, 0) is 16.1 Å². The number of ether oxygens (including phenoxy) is 1. The highest BCUT2D eigenvalue weighted by Gasteiger charge is 2.22. The number of carbonyl (C=O) groups is 2. The molecule has 0 bridgehead atoms. The van der Waals surface area contributed by atoms with Crippen LogP contribution in [0.4, 0.5) is 0 Å². The van der Waals surface area contributed by atoms with Crippen LogP contribution in [0.1, 0.15) is 51.0 Å². The molecule has 5 nitrogen and oxygen atoms in total. The maximum atomic E-state index is 12.6. The summed E-state index contributed by atoms with van der Waals surface area (Å²) in [5.74, 6) is 1.19. The van der Waals surface area contributed by atoms with Gasteiger partial charge < -0.3 is 15.0 Å². The number of nitrogens with zero attached hydrogens (tertiary/aromatic N) is 1. The fourth-order valence-corrected chi connectivity index (χ4v) is 4.22. The van der Waals surface area contributed by atoms with Gasteiger partial charge in [0.15, 0.2) is 0 Å². The van der Waals surface area contributed by atoms with E-state index in [0.29, 0.717) is 18.9 Å². The Morgan fingerprint density at radius 1 is 1.30 bits per heavy atom. The van der Waals surface area contributed by atoms with Crippen LogP contribution in [0, 0.1) is 5.92 Å². The highest BCUT2D eigenvalue weighted by molar-refractivity contribution is 7.98. The molecule has 1 fully saturated rings. The molecule has 0 heterocycles. The average Bonchev–Trinajstić information content (AvgIpc) is 2.67. The summed E-state index contributed by atoms with van der Waals surface area (Å²) in [6.07, 6.45) is 8.51. The first-order valence-electron chi connectivity index (χ1n) is 9.69. The van der Waals surface area contributed by atoms with Gasteiger partial charge >= 0.3 is 0 Å². The number of carbonyl (C=O) groups excluding carboxylic acids is 2. The number of amides is 2. The van der Waals surface area contributed by atoms with Crippen LogP contribution in [0.25, 0.3) is 0 Å². The minimum absolute atomic E-state index is 0.0119. The molecular weight excluding hydrogens is 360 g/mol.